The third-order valence-electron chi connectivity index (χ3n) is 11.4. The lowest BCUT2D eigenvalue weighted by Gasteiger charge is -2.39. The van der Waals surface area contributed by atoms with E-state index < -0.39 is 43.4 Å². The molecular formula is C59H96O9. The van der Waals surface area contributed by atoms with E-state index in [2.05, 4.69) is 135 Å². The molecule has 6 atom stereocenters. The number of unbranched alkanes of at least 4 members (excludes halogenated alkanes) is 13. The Bertz CT molecular complexity index is 1450. The fourth-order valence-electron chi connectivity index (χ4n) is 7.31. The maximum absolute atomic E-state index is 12.9. The first-order chi connectivity index (χ1) is 33.4. The highest BCUT2D eigenvalue weighted by molar-refractivity contribution is 5.69. The number of esters is 1. The molecule has 6 unspecified atom stereocenters. The topological polar surface area (TPSA) is 135 Å². The number of carbonyl (C=O) groups excluding carboxylic acids is 1. The number of ether oxygens (including phenoxy) is 4. The van der Waals surface area contributed by atoms with E-state index in [0.717, 1.165) is 122 Å². The Morgan fingerprint density at radius 1 is 0.471 bits per heavy atom. The zero-order valence-corrected chi connectivity index (χ0v) is 42.6. The van der Waals surface area contributed by atoms with Crippen molar-refractivity contribution in [2.24, 2.45) is 0 Å². The molecule has 0 radical (unpaired) electrons. The van der Waals surface area contributed by atoms with Crippen LogP contribution in [0.2, 0.25) is 0 Å². The van der Waals surface area contributed by atoms with Gasteiger partial charge in [-0.15, -0.1) is 0 Å². The Morgan fingerprint density at radius 3 is 1.28 bits per heavy atom. The van der Waals surface area contributed by atoms with Crippen molar-refractivity contribution in [3.05, 3.63) is 122 Å². The molecule has 0 aromatic heterocycles. The van der Waals surface area contributed by atoms with Crippen LogP contribution in [0.1, 0.15) is 181 Å². The van der Waals surface area contributed by atoms with Gasteiger partial charge in [0, 0.05) is 13.0 Å². The van der Waals surface area contributed by atoms with Gasteiger partial charge in [-0.05, 0) is 103 Å². The molecule has 0 aromatic carbocycles. The zero-order chi connectivity index (χ0) is 49.2. The van der Waals surface area contributed by atoms with Crippen LogP contribution >= 0.6 is 0 Å². The standard InChI is InChI=1S/C59H96O9/c1-3-5-7-9-11-13-15-17-19-21-23-25-27-28-30-32-34-36-38-40-42-44-46-48-55(61)67-53(52-66-59-58(64)57(63)56(62)54(50-60)68-59)51-65-49-47-45-43-41-39-37-35-33-31-29-26-24-22-20-18-16-14-12-10-8-6-4-2/h5-8,11-14,17-20,23-26,28,30,34,36,53-54,56-60,62-64H,3-4,9-10,15-16,21-22,27,29,31-33,35,37-52H2,1-2H3/b7-5-,8-6-,13-11-,14-12-,19-17-,20-18-,25-23-,26-24-,30-28-,36-34-. The van der Waals surface area contributed by atoms with Crippen molar-refractivity contribution in [1.29, 1.82) is 0 Å². The minimum atomic E-state index is -1.55. The number of aliphatic hydroxyl groups excluding tert-OH is 4. The molecular weight excluding hydrogens is 853 g/mol. The predicted molar refractivity (Wildman–Crippen MR) is 283 cm³/mol. The van der Waals surface area contributed by atoms with Gasteiger partial charge in [-0.1, -0.05) is 193 Å². The second kappa shape index (κ2) is 48.6. The van der Waals surface area contributed by atoms with Crippen LogP contribution in [0.15, 0.2) is 122 Å². The molecule has 0 saturated carbocycles. The molecule has 9 nitrogen and oxygen atoms in total. The average Bonchev–Trinajstić information content (AvgIpc) is 3.34. The smallest absolute Gasteiger partial charge is 0.306 e. The summed E-state index contributed by atoms with van der Waals surface area (Å²) in [6.07, 6.45) is 63.7. The Morgan fingerprint density at radius 2 is 0.853 bits per heavy atom. The number of hydrogen-bond acceptors (Lipinski definition) is 9. The summed E-state index contributed by atoms with van der Waals surface area (Å²) >= 11 is 0. The fourth-order valence-corrected chi connectivity index (χ4v) is 7.31. The Hall–Kier alpha value is -3.41. The summed E-state index contributed by atoms with van der Waals surface area (Å²) in [4.78, 5) is 12.9. The van der Waals surface area contributed by atoms with Crippen LogP contribution in [0.3, 0.4) is 0 Å². The van der Waals surface area contributed by atoms with Crippen molar-refractivity contribution in [1.82, 2.24) is 0 Å². The molecule has 9 heteroatoms. The van der Waals surface area contributed by atoms with Crippen LogP contribution in [-0.2, 0) is 23.7 Å². The van der Waals surface area contributed by atoms with E-state index in [1.54, 1.807) is 0 Å². The quantitative estimate of drug-likeness (QED) is 0.0267. The molecule has 1 rings (SSSR count). The maximum Gasteiger partial charge on any atom is 0.306 e. The van der Waals surface area contributed by atoms with Gasteiger partial charge in [0.25, 0.3) is 0 Å². The van der Waals surface area contributed by atoms with Crippen molar-refractivity contribution in [2.75, 3.05) is 26.4 Å². The number of rotatable bonds is 44. The summed E-state index contributed by atoms with van der Waals surface area (Å²) in [5.74, 6) is -0.345. The highest BCUT2D eigenvalue weighted by atomic mass is 16.7. The minimum absolute atomic E-state index is 0.121. The molecule has 1 heterocycles. The van der Waals surface area contributed by atoms with E-state index >= 15 is 0 Å². The van der Waals surface area contributed by atoms with Crippen molar-refractivity contribution < 1.29 is 44.2 Å². The first-order valence-electron chi connectivity index (χ1n) is 26.6. The van der Waals surface area contributed by atoms with Gasteiger partial charge in [0.2, 0.25) is 0 Å². The molecule has 68 heavy (non-hydrogen) atoms. The summed E-state index contributed by atoms with van der Waals surface area (Å²) in [5.41, 5.74) is 0. The molecule has 0 spiro atoms. The van der Waals surface area contributed by atoms with E-state index in [1.807, 2.05) is 0 Å². The number of aliphatic hydroxyl groups is 4. The third kappa shape index (κ3) is 38.4. The van der Waals surface area contributed by atoms with Gasteiger partial charge in [-0.25, -0.2) is 0 Å². The van der Waals surface area contributed by atoms with Gasteiger partial charge in [-0.2, -0.15) is 0 Å². The minimum Gasteiger partial charge on any atom is -0.457 e. The molecule has 1 saturated heterocycles. The summed E-state index contributed by atoms with van der Waals surface area (Å²) in [7, 11) is 0. The van der Waals surface area contributed by atoms with Crippen LogP contribution in [0.25, 0.3) is 0 Å². The van der Waals surface area contributed by atoms with Gasteiger partial charge in [0.1, 0.15) is 30.5 Å². The number of hydrogen-bond donors (Lipinski definition) is 4. The molecule has 386 valence electrons. The molecule has 1 aliphatic rings. The highest BCUT2D eigenvalue weighted by Crippen LogP contribution is 2.22. The molecule has 0 bridgehead atoms. The van der Waals surface area contributed by atoms with Gasteiger partial charge >= 0.3 is 5.97 Å². The molecule has 4 N–H and O–H groups in total. The summed E-state index contributed by atoms with van der Waals surface area (Å²) in [6.45, 7) is 4.27. The third-order valence-corrected chi connectivity index (χ3v) is 11.4. The molecule has 0 aliphatic carbocycles. The Labute approximate surface area is 414 Å². The van der Waals surface area contributed by atoms with E-state index in [4.69, 9.17) is 18.9 Å². The van der Waals surface area contributed by atoms with Gasteiger partial charge in [0.15, 0.2) is 6.29 Å². The molecule has 1 fully saturated rings. The lowest BCUT2D eigenvalue weighted by Crippen LogP contribution is -2.59. The normalized spacial score (nSPS) is 20.1. The lowest BCUT2D eigenvalue weighted by molar-refractivity contribution is -0.305. The van der Waals surface area contributed by atoms with Crippen molar-refractivity contribution in [2.45, 2.75) is 218 Å². The number of allylic oxidation sites excluding steroid dienone is 20. The van der Waals surface area contributed by atoms with Crippen LogP contribution in [0.4, 0.5) is 0 Å². The fraction of sp³-hybridized carbons (Fsp3) is 0.644. The first-order valence-corrected chi connectivity index (χ1v) is 26.6. The maximum atomic E-state index is 12.9. The monoisotopic (exact) mass is 949 g/mol. The first kappa shape index (κ1) is 62.6. The molecule has 0 amide bonds. The van der Waals surface area contributed by atoms with Crippen LogP contribution < -0.4 is 0 Å². The van der Waals surface area contributed by atoms with Crippen molar-refractivity contribution in [3.8, 4) is 0 Å². The largest absolute Gasteiger partial charge is 0.457 e. The predicted octanol–water partition coefficient (Wildman–Crippen LogP) is 13.5. The van der Waals surface area contributed by atoms with Gasteiger partial charge < -0.3 is 39.4 Å². The zero-order valence-electron chi connectivity index (χ0n) is 42.6. The molecule has 1 aliphatic heterocycles. The Kier molecular flexibility index (Phi) is 44.8. The van der Waals surface area contributed by atoms with Crippen molar-refractivity contribution >= 4 is 5.97 Å². The highest BCUT2D eigenvalue weighted by Gasteiger charge is 2.44. The SMILES string of the molecule is CC/C=C\C/C=C\C/C=C\C/C=C\C/C=C\C/C=C\CCCCCCC(=O)OC(COCCCCCCCCCCC/C=C\C/C=C\C/C=C\C/C=C\CC)COC1OC(CO)C(O)C(O)C1O. The van der Waals surface area contributed by atoms with Gasteiger partial charge in [-0.3, -0.25) is 4.79 Å². The van der Waals surface area contributed by atoms with E-state index in [0.29, 0.717) is 6.61 Å². The second-order valence-corrected chi connectivity index (χ2v) is 17.6. The van der Waals surface area contributed by atoms with Gasteiger partial charge in [0.05, 0.1) is 19.8 Å². The Balaban J connectivity index is 2.24. The molecule has 0 aromatic rings. The van der Waals surface area contributed by atoms with E-state index in [9.17, 15) is 25.2 Å². The summed E-state index contributed by atoms with van der Waals surface area (Å²) in [6, 6.07) is 0. The van der Waals surface area contributed by atoms with Crippen LogP contribution in [-0.4, -0.2) is 89.6 Å². The summed E-state index contributed by atoms with van der Waals surface area (Å²) < 4.78 is 22.9. The lowest BCUT2D eigenvalue weighted by atomic mass is 9.99. The van der Waals surface area contributed by atoms with E-state index in [-0.39, 0.29) is 25.6 Å². The van der Waals surface area contributed by atoms with Crippen molar-refractivity contribution in [3.63, 3.8) is 0 Å². The summed E-state index contributed by atoms with van der Waals surface area (Å²) in [5, 5.41) is 40.3. The number of carbonyl (C=O) groups is 1. The average molecular weight is 949 g/mol. The van der Waals surface area contributed by atoms with E-state index in [1.165, 1.54) is 38.5 Å². The van der Waals surface area contributed by atoms with Crippen LogP contribution in [0, 0.1) is 0 Å². The second-order valence-electron chi connectivity index (χ2n) is 17.6. The van der Waals surface area contributed by atoms with Crippen LogP contribution in [0.5, 0.6) is 0 Å².